The van der Waals surface area contributed by atoms with Gasteiger partial charge in [0, 0.05) is 25.2 Å². The van der Waals surface area contributed by atoms with Crippen molar-refractivity contribution in [1.29, 1.82) is 0 Å². The summed E-state index contributed by atoms with van der Waals surface area (Å²) in [6, 6.07) is 10.2. The van der Waals surface area contributed by atoms with Crippen LogP contribution in [-0.4, -0.2) is 49.3 Å². The van der Waals surface area contributed by atoms with Crippen LogP contribution in [0.3, 0.4) is 0 Å². The fourth-order valence-corrected chi connectivity index (χ4v) is 4.01. The van der Waals surface area contributed by atoms with Crippen molar-refractivity contribution < 1.29 is 4.74 Å². The zero-order valence-corrected chi connectivity index (χ0v) is 12.1. The van der Waals surface area contributed by atoms with E-state index in [2.05, 4.69) is 34.5 Å². The van der Waals surface area contributed by atoms with Gasteiger partial charge in [-0.05, 0) is 43.4 Å². The maximum atomic E-state index is 6.02. The maximum Gasteiger partial charge on any atom is 0.0827 e. The highest BCUT2D eigenvalue weighted by Crippen LogP contribution is 2.24. The summed E-state index contributed by atoms with van der Waals surface area (Å²) in [6.45, 7) is 4.34. The number of nitrogens with one attached hydrogen (secondary N) is 1. The van der Waals surface area contributed by atoms with Gasteiger partial charge in [-0.2, -0.15) is 0 Å². The van der Waals surface area contributed by atoms with Crippen LogP contribution in [-0.2, 0) is 17.6 Å². The predicted octanol–water partition coefficient (Wildman–Crippen LogP) is 1.61. The normalized spacial score (nSPS) is 30.4. The van der Waals surface area contributed by atoms with Crippen molar-refractivity contribution in [3.05, 3.63) is 35.4 Å². The summed E-state index contributed by atoms with van der Waals surface area (Å²) in [6.07, 6.45) is 5.42. The van der Waals surface area contributed by atoms with Gasteiger partial charge in [-0.1, -0.05) is 24.3 Å². The molecule has 2 fully saturated rings. The van der Waals surface area contributed by atoms with E-state index in [1.54, 1.807) is 0 Å². The quantitative estimate of drug-likeness (QED) is 0.905. The van der Waals surface area contributed by atoms with E-state index in [4.69, 9.17) is 4.74 Å². The Hall–Kier alpha value is -0.900. The van der Waals surface area contributed by atoms with Crippen molar-refractivity contribution >= 4 is 0 Å². The average molecular weight is 272 g/mol. The van der Waals surface area contributed by atoms with Crippen LogP contribution >= 0.6 is 0 Å². The predicted molar refractivity (Wildman–Crippen MR) is 80.0 cm³/mol. The van der Waals surface area contributed by atoms with Crippen LogP contribution in [0.4, 0.5) is 0 Å². The van der Waals surface area contributed by atoms with E-state index in [9.17, 15) is 0 Å². The van der Waals surface area contributed by atoms with Gasteiger partial charge in [-0.25, -0.2) is 0 Å². The van der Waals surface area contributed by atoms with Crippen molar-refractivity contribution in [3.8, 4) is 0 Å². The van der Waals surface area contributed by atoms with Crippen LogP contribution in [0.5, 0.6) is 0 Å². The largest absolute Gasteiger partial charge is 0.374 e. The van der Waals surface area contributed by atoms with Gasteiger partial charge in [-0.15, -0.1) is 0 Å². The number of hydrogen-bond donors (Lipinski definition) is 1. The first-order valence-corrected chi connectivity index (χ1v) is 8.04. The molecule has 0 aromatic heterocycles. The van der Waals surface area contributed by atoms with Gasteiger partial charge in [-0.3, -0.25) is 4.90 Å². The standard InChI is InChI=1S/C17H24N2O/c1-2-5-14-9-15(8-13(14)4-1)18-10-17-11-19-7-3-6-16(19)12-20-17/h1-2,4-5,15-18H,3,6-12H2. The van der Waals surface area contributed by atoms with E-state index >= 15 is 0 Å². The first-order chi connectivity index (χ1) is 9.88. The molecular formula is C17H24N2O. The molecule has 1 aliphatic carbocycles. The number of fused-ring (bicyclic) bond motifs is 2. The molecule has 0 spiro atoms. The molecule has 3 nitrogen and oxygen atoms in total. The molecule has 1 N–H and O–H groups in total. The molecule has 108 valence electrons. The number of nitrogens with zero attached hydrogens (tertiary/aromatic N) is 1. The number of rotatable bonds is 3. The van der Waals surface area contributed by atoms with Gasteiger partial charge in [0.25, 0.3) is 0 Å². The highest BCUT2D eigenvalue weighted by Gasteiger charge is 2.32. The molecule has 0 bridgehead atoms. The Morgan fingerprint density at radius 1 is 1.20 bits per heavy atom. The molecule has 4 rings (SSSR count). The Bertz CT molecular complexity index is 451. The molecule has 0 saturated carbocycles. The number of hydrogen-bond acceptors (Lipinski definition) is 3. The van der Waals surface area contributed by atoms with Crippen LogP contribution < -0.4 is 5.32 Å². The van der Waals surface area contributed by atoms with E-state index in [1.165, 1.54) is 43.4 Å². The second-order valence-corrected chi connectivity index (χ2v) is 6.53. The molecule has 3 heteroatoms. The summed E-state index contributed by atoms with van der Waals surface area (Å²) in [5.74, 6) is 0. The first kappa shape index (κ1) is 12.8. The Morgan fingerprint density at radius 3 is 2.80 bits per heavy atom. The summed E-state index contributed by atoms with van der Waals surface area (Å²) in [5.41, 5.74) is 3.04. The maximum absolute atomic E-state index is 6.02. The fourth-order valence-electron chi connectivity index (χ4n) is 4.01. The Morgan fingerprint density at radius 2 is 2.00 bits per heavy atom. The highest BCUT2D eigenvalue weighted by molar-refractivity contribution is 5.33. The number of benzene rings is 1. The summed E-state index contributed by atoms with van der Waals surface area (Å²) in [7, 11) is 0. The minimum atomic E-state index is 0.382. The summed E-state index contributed by atoms with van der Waals surface area (Å²) in [5, 5.41) is 3.73. The highest BCUT2D eigenvalue weighted by atomic mass is 16.5. The molecular weight excluding hydrogens is 248 g/mol. The Balaban J connectivity index is 1.28. The third kappa shape index (κ3) is 2.50. The summed E-state index contributed by atoms with van der Waals surface area (Å²) < 4.78 is 6.02. The van der Waals surface area contributed by atoms with Crippen LogP contribution in [0.1, 0.15) is 24.0 Å². The molecule has 2 unspecified atom stereocenters. The summed E-state index contributed by atoms with van der Waals surface area (Å²) >= 11 is 0. The lowest BCUT2D eigenvalue weighted by Crippen LogP contribution is -2.50. The zero-order valence-electron chi connectivity index (χ0n) is 12.1. The third-order valence-electron chi connectivity index (χ3n) is 5.15. The van der Waals surface area contributed by atoms with Crippen molar-refractivity contribution in [1.82, 2.24) is 10.2 Å². The van der Waals surface area contributed by atoms with Gasteiger partial charge in [0.2, 0.25) is 0 Å². The molecule has 20 heavy (non-hydrogen) atoms. The zero-order chi connectivity index (χ0) is 13.4. The second-order valence-electron chi connectivity index (χ2n) is 6.53. The van der Waals surface area contributed by atoms with E-state index in [1.807, 2.05) is 0 Å². The van der Waals surface area contributed by atoms with E-state index in [0.717, 1.165) is 19.7 Å². The molecule has 0 radical (unpaired) electrons. The summed E-state index contributed by atoms with van der Waals surface area (Å²) in [4.78, 5) is 2.62. The molecule has 2 aliphatic heterocycles. The molecule has 2 saturated heterocycles. The Labute approximate surface area is 121 Å². The monoisotopic (exact) mass is 272 g/mol. The SMILES string of the molecule is c1ccc2c(c1)CC(NCC1CN3CCCC3CO1)C2. The average Bonchev–Trinajstić information content (AvgIpc) is 3.10. The molecule has 3 aliphatic rings. The first-order valence-electron chi connectivity index (χ1n) is 8.04. The minimum absolute atomic E-state index is 0.382. The van der Waals surface area contributed by atoms with Gasteiger partial charge in [0.1, 0.15) is 0 Å². The third-order valence-corrected chi connectivity index (χ3v) is 5.15. The van der Waals surface area contributed by atoms with E-state index in [0.29, 0.717) is 18.2 Å². The van der Waals surface area contributed by atoms with Crippen LogP contribution in [0.25, 0.3) is 0 Å². The molecule has 1 aromatic carbocycles. The topological polar surface area (TPSA) is 24.5 Å². The van der Waals surface area contributed by atoms with Crippen molar-refractivity contribution in [2.24, 2.45) is 0 Å². The molecule has 0 amide bonds. The lowest BCUT2D eigenvalue weighted by atomic mass is 10.1. The van der Waals surface area contributed by atoms with E-state index < -0.39 is 0 Å². The molecule has 1 aromatic rings. The molecule has 2 atom stereocenters. The smallest absolute Gasteiger partial charge is 0.0827 e. The molecule has 2 heterocycles. The second kappa shape index (κ2) is 5.47. The van der Waals surface area contributed by atoms with Crippen molar-refractivity contribution in [3.63, 3.8) is 0 Å². The van der Waals surface area contributed by atoms with Crippen LogP contribution in [0.15, 0.2) is 24.3 Å². The van der Waals surface area contributed by atoms with Gasteiger partial charge in [0.05, 0.1) is 12.7 Å². The van der Waals surface area contributed by atoms with Crippen LogP contribution in [0, 0.1) is 0 Å². The Kier molecular flexibility index (Phi) is 3.51. The van der Waals surface area contributed by atoms with Gasteiger partial charge < -0.3 is 10.1 Å². The number of ether oxygens (including phenoxy) is 1. The van der Waals surface area contributed by atoms with Crippen LogP contribution in [0.2, 0.25) is 0 Å². The fraction of sp³-hybridized carbons (Fsp3) is 0.647. The lowest BCUT2D eigenvalue weighted by molar-refractivity contribution is -0.0477. The van der Waals surface area contributed by atoms with E-state index in [-0.39, 0.29) is 0 Å². The van der Waals surface area contributed by atoms with Gasteiger partial charge >= 0.3 is 0 Å². The van der Waals surface area contributed by atoms with Crippen molar-refractivity contribution in [2.45, 2.75) is 43.9 Å². The lowest BCUT2D eigenvalue weighted by Gasteiger charge is -2.35. The number of morpholine rings is 1. The minimum Gasteiger partial charge on any atom is -0.374 e. The van der Waals surface area contributed by atoms with Gasteiger partial charge in [0.15, 0.2) is 0 Å². The van der Waals surface area contributed by atoms with Crippen molar-refractivity contribution in [2.75, 3.05) is 26.2 Å².